The van der Waals surface area contributed by atoms with Crippen LogP contribution in [0.15, 0.2) is 36.7 Å². The Kier molecular flexibility index (Phi) is 3.87. The van der Waals surface area contributed by atoms with Crippen molar-refractivity contribution in [2.24, 2.45) is 0 Å². The highest BCUT2D eigenvalue weighted by molar-refractivity contribution is 5.62. The standard InChI is InChI=1S/C14H14N4/c1-2-11-3-5-12(6-4-11)13-9-17-14(18-10-13)16-8-7-15/h3-6,9-10H,2,8H2,1H3,(H,16,17,18). The molecule has 2 rings (SSSR count). The molecule has 4 heteroatoms. The lowest BCUT2D eigenvalue weighted by atomic mass is 10.1. The third kappa shape index (κ3) is 2.83. The average Bonchev–Trinajstić information content (AvgIpc) is 2.46. The minimum absolute atomic E-state index is 0.213. The number of nitriles is 1. The van der Waals surface area contributed by atoms with Gasteiger partial charge in [0.05, 0.1) is 6.07 Å². The molecule has 18 heavy (non-hydrogen) atoms. The maximum Gasteiger partial charge on any atom is 0.223 e. The smallest absolute Gasteiger partial charge is 0.223 e. The van der Waals surface area contributed by atoms with E-state index in [4.69, 9.17) is 5.26 Å². The second-order valence-corrected chi connectivity index (χ2v) is 3.86. The molecule has 2 aromatic rings. The fourth-order valence-corrected chi connectivity index (χ4v) is 1.62. The number of hydrogen-bond acceptors (Lipinski definition) is 4. The molecule has 0 saturated heterocycles. The normalized spacial score (nSPS) is 9.78. The maximum atomic E-state index is 8.44. The molecule has 90 valence electrons. The van der Waals surface area contributed by atoms with E-state index in [0.29, 0.717) is 5.95 Å². The molecule has 0 radical (unpaired) electrons. The Morgan fingerprint density at radius 3 is 2.33 bits per heavy atom. The van der Waals surface area contributed by atoms with Gasteiger partial charge in [-0.3, -0.25) is 0 Å². The number of benzene rings is 1. The Bertz CT molecular complexity index is 538. The van der Waals surface area contributed by atoms with Crippen LogP contribution in [0.1, 0.15) is 12.5 Å². The highest BCUT2D eigenvalue weighted by Crippen LogP contribution is 2.18. The molecule has 0 atom stereocenters. The van der Waals surface area contributed by atoms with E-state index in [2.05, 4.69) is 46.5 Å². The van der Waals surface area contributed by atoms with Crippen molar-refractivity contribution in [2.75, 3.05) is 11.9 Å². The van der Waals surface area contributed by atoms with Crippen molar-refractivity contribution < 1.29 is 0 Å². The van der Waals surface area contributed by atoms with Crippen molar-refractivity contribution in [1.82, 2.24) is 9.97 Å². The average molecular weight is 238 g/mol. The van der Waals surface area contributed by atoms with Crippen LogP contribution in [0, 0.1) is 11.3 Å². The number of aromatic nitrogens is 2. The van der Waals surface area contributed by atoms with Crippen LogP contribution in [0.5, 0.6) is 0 Å². The van der Waals surface area contributed by atoms with Crippen LogP contribution >= 0.6 is 0 Å². The first kappa shape index (κ1) is 12.1. The highest BCUT2D eigenvalue weighted by atomic mass is 15.1. The minimum Gasteiger partial charge on any atom is -0.341 e. The van der Waals surface area contributed by atoms with Gasteiger partial charge in [0, 0.05) is 18.0 Å². The van der Waals surface area contributed by atoms with Gasteiger partial charge in [-0.1, -0.05) is 31.2 Å². The predicted octanol–water partition coefficient (Wildman–Crippen LogP) is 2.64. The lowest BCUT2D eigenvalue weighted by Gasteiger charge is -2.04. The van der Waals surface area contributed by atoms with Crippen molar-refractivity contribution in [2.45, 2.75) is 13.3 Å². The van der Waals surface area contributed by atoms with Crippen molar-refractivity contribution in [1.29, 1.82) is 5.26 Å². The summed E-state index contributed by atoms with van der Waals surface area (Å²) in [5, 5.41) is 11.2. The Labute approximate surface area is 106 Å². The van der Waals surface area contributed by atoms with Gasteiger partial charge in [-0.05, 0) is 17.5 Å². The second kappa shape index (κ2) is 5.78. The monoisotopic (exact) mass is 238 g/mol. The van der Waals surface area contributed by atoms with Gasteiger partial charge in [0.1, 0.15) is 6.54 Å². The van der Waals surface area contributed by atoms with Crippen LogP contribution < -0.4 is 5.32 Å². The Balaban J connectivity index is 2.15. The van der Waals surface area contributed by atoms with Crippen LogP contribution in [0.3, 0.4) is 0 Å². The van der Waals surface area contributed by atoms with E-state index in [1.54, 1.807) is 12.4 Å². The molecule has 0 fully saturated rings. The minimum atomic E-state index is 0.213. The Morgan fingerprint density at radius 2 is 1.78 bits per heavy atom. The lowest BCUT2D eigenvalue weighted by molar-refractivity contribution is 1.12. The molecule has 1 aromatic heterocycles. The Hall–Kier alpha value is -2.41. The summed E-state index contributed by atoms with van der Waals surface area (Å²) in [6.07, 6.45) is 4.55. The van der Waals surface area contributed by atoms with Gasteiger partial charge in [-0.25, -0.2) is 9.97 Å². The maximum absolute atomic E-state index is 8.44. The van der Waals surface area contributed by atoms with Crippen LogP contribution in [0.2, 0.25) is 0 Å². The van der Waals surface area contributed by atoms with E-state index in [1.807, 2.05) is 6.07 Å². The van der Waals surface area contributed by atoms with Gasteiger partial charge < -0.3 is 5.32 Å². The number of hydrogen-bond donors (Lipinski definition) is 1. The van der Waals surface area contributed by atoms with Gasteiger partial charge in [-0.15, -0.1) is 0 Å². The molecule has 0 bridgehead atoms. The van der Waals surface area contributed by atoms with Crippen LogP contribution in [0.25, 0.3) is 11.1 Å². The zero-order valence-electron chi connectivity index (χ0n) is 10.2. The largest absolute Gasteiger partial charge is 0.341 e. The van der Waals surface area contributed by atoms with E-state index >= 15 is 0 Å². The van der Waals surface area contributed by atoms with Gasteiger partial charge in [-0.2, -0.15) is 5.26 Å². The fraction of sp³-hybridized carbons (Fsp3) is 0.214. The first-order valence-corrected chi connectivity index (χ1v) is 5.85. The zero-order chi connectivity index (χ0) is 12.8. The molecule has 0 aliphatic heterocycles. The fourth-order valence-electron chi connectivity index (χ4n) is 1.62. The first-order valence-electron chi connectivity index (χ1n) is 5.85. The molecule has 0 saturated carbocycles. The van der Waals surface area contributed by atoms with E-state index in [9.17, 15) is 0 Å². The van der Waals surface area contributed by atoms with E-state index < -0.39 is 0 Å². The Morgan fingerprint density at radius 1 is 1.11 bits per heavy atom. The summed E-state index contributed by atoms with van der Waals surface area (Å²) in [4.78, 5) is 8.32. The molecule has 1 N–H and O–H groups in total. The molecular weight excluding hydrogens is 224 g/mol. The van der Waals surface area contributed by atoms with Crippen LogP contribution in [0.4, 0.5) is 5.95 Å². The number of aryl methyl sites for hydroxylation is 1. The van der Waals surface area contributed by atoms with E-state index in [1.165, 1.54) is 5.56 Å². The van der Waals surface area contributed by atoms with Gasteiger partial charge in [0.2, 0.25) is 5.95 Å². The summed E-state index contributed by atoms with van der Waals surface area (Å²) >= 11 is 0. The molecule has 0 unspecified atom stereocenters. The van der Waals surface area contributed by atoms with Crippen molar-refractivity contribution in [3.63, 3.8) is 0 Å². The molecule has 0 aliphatic carbocycles. The topological polar surface area (TPSA) is 61.6 Å². The second-order valence-electron chi connectivity index (χ2n) is 3.86. The molecule has 0 spiro atoms. The zero-order valence-corrected chi connectivity index (χ0v) is 10.2. The lowest BCUT2D eigenvalue weighted by Crippen LogP contribution is -2.02. The summed E-state index contributed by atoms with van der Waals surface area (Å²) in [5.41, 5.74) is 3.38. The quantitative estimate of drug-likeness (QED) is 0.832. The number of nitrogens with zero attached hydrogens (tertiary/aromatic N) is 3. The molecule has 0 aliphatic rings. The molecule has 4 nitrogen and oxygen atoms in total. The van der Waals surface area contributed by atoms with Crippen LogP contribution in [-0.4, -0.2) is 16.5 Å². The third-order valence-corrected chi connectivity index (χ3v) is 2.67. The molecule has 1 heterocycles. The summed E-state index contributed by atoms with van der Waals surface area (Å²) in [7, 11) is 0. The summed E-state index contributed by atoms with van der Waals surface area (Å²) in [5.74, 6) is 0.477. The summed E-state index contributed by atoms with van der Waals surface area (Å²) < 4.78 is 0. The van der Waals surface area contributed by atoms with Gasteiger partial charge in [0.25, 0.3) is 0 Å². The number of anilines is 1. The van der Waals surface area contributed by atoms with Crippen molar-refractivity contribution in [3.8, 4) is 17.2 Å². The first-order chi connectivity index (χ1) is 8.83. The molecular formula is C14H14N4. The highest BCUT2D eigenvalue weighted by Gasteiger charge is 2.00. The van der Waals surface area contributed by atoms with Gasteiger partial charge >= 0.3 is 0 Å². The third-order valence-electron chi connectivity index (χ3n) is 2.67. The molecule has 0 amide bonds. The van der Waals surface area contributed by atoms with Crippen molar-refractivity contribution >= 4 is 5.95 Å². The number of rotatable bonds is 4. The molecule has 1 aromatic carbocycles. The predicted molar refractivity (Wildman–Crippen MR) is 70.9 cm³/mol. The van der Waals surface area contributed by atoms with E-state index in [0.717, 1.165) is 17.5 Å². The van der Waals surface area contributed by atoms with E-state index in [-0.39, 0.29) is 6.54 Å². The van der Waals surface area contributed by atoms with Crippen molar-refractivity contribution in [3.05, 3.63) is 42.2 Å². The SMILES string of the molecule is CCc1ccc(-c2cnc(NCC#N)nc2)cc1. The summed E-state index contributed by atoms with van der Waals surface area (Å²) in [6.45, 7) is 2.35. The van der Waals surface area contributed by atoms with Crippen LogP contribution in [-0.2, 0) is 6.42 Å². The number of nitrogens with one attached hydrogen (secondary N) is 1. The van der Waals surface area contributed by atoms with Gasteiger partial charge in [0.15, 0.2) is 0 Å². The summed E-state index contributed by atoms with van der Waals surface area (Å²) in [6, 6.07) is 10.3.